The van der Waals surface area contributed by atoms with Gasteiger partial charge in [-0.15, -0.1) is 0 Å². The second-order valence-corrected chi connectivity index (χ2v) is 6.93. The van der Waals surface area contributed by atoms with E-state index < -0.39 is 16.8 Å². The highest BCUT2D eigenvalue weighted by Gasteiger charge is 2.21. The van der Waals surface area contributed by atoms with Crippen molar-refractivity contribution in [1.82, 2.24) is 4.72 Å². The summed E-state index contributed by atoms with van der Waals surface area (Å²) in [5, 5.41) is 9.08. The summed E-state index contributed by atoms with van der Waals surface area (Å²) in [6.45, 7) is 7.39. The van der Waals surface area contributed by atoms with Gasteiger partial charge >= 0.3 is 0 Å². The minimum absolute atomic E-state index is 0.245. The Labute approximate surface area is 104 Å². The Hall–Kier alpha value is -0.940. The molecule has 1 aromatic carbocycles. The highest BCUT2D eigenvalue weighted by Crippen LogP contribution is 2.22. The van der Waals surface area contributed by atoms with Crippen molar-refractivity contribution in [2.24, 2.45) is 0 Å². The number of aromatic hydroxyl groups is 1. The molecule has 0 aliphatic rings. The molecule has 1 rings (SSSR count). The molecule has 17 heavy (non-hydrogen) atoms. The molecule has 2 atom stereocenters. The largest absolute Gasteiger partial charge is 0.505 e. The predicted octanol–water partition coefficient (Wildman–Crippen LogP) is 2.64. The number of phenols is 1. The zero-order chi connectivity index (χ0) is 13.2. The first-order chi connectivity index (χ1) is 7.71. The average Bonchev–Trinajstić information content (AvgIpc) is 2.20. The molecule has 96 valence electrons. The number of rotatable bonds is 3. The van der Waals surface area contributed by atoms with Gasteiger partial charge in [0.25, 0.3) is 0 Å². The second-order valence-electron chi connectivity index (χ2n) is 4.93. The number of nitrogens with one attached hydrogen (secondary N) is 1. The van der Waals surface area contributed by atoms with Gasteiger partial charge in [0.15, 0.2) is 11.6 Å². The van der Waals surface area contributed by atoms with Gasteiger partial charge in [-0.05, 0) is 45.4 Å². The zero-order valence-electron chi connectivity index (χ0n) is 10.5. The van der Waals surface area contributed by atoms with Crippen molar-refractivity contribution >= 4 is 11.0 Å². The molecule has 2 N–H and O–H groups in total. The number of halogens is 1. The van der Waals surface area contributed by atoms with Crippen molar-refractivity contribution in [2.75, 3.05) is 0 Å². The summed E-state index contributed by atoms with van der Waals surface area (Å²) in [4.78, 5) is 0. The van der Waals surface area contributed by atoms with Gasteiger partial charge in [0.2, 0.25) is 0 Å². The van der Waals surface area contributed by atoms with Crippen LogP contribution < -0.4 is 4.72 Å². The Balaban J connectivity index is 2.80. The van der Waals surface area contributed by atoms with E-state index in [-0.39, 0.29) is 16.5 Å². The molecule has 0 amide bonds. The third-order valence-corrected chi connectivity index (χ3v) is 3.99. The fourth-order valence-corrected chi connectivity index (χ4v) is 2.01. The maximum absolute atomic E-state index is 13.2. The molecule has 0 radical (unpaired) electrons. The quantitative estimate of drug-likeness (QED) is 0.876. The summed E-state index contributed by atoms with van der Waals surface area (Å²) < 4.78 is 27.5. The maximum atomic E-state index is 13.2. The van der Waals surface area contributed by atoms with Gasteiger partial charge in [0, 0.05) is 6.04 Å². The second kappa shape index (κ2) is 5.14. The van der Waals surface area contributed by atoms with Crippen molar-refractivity contribution in [2.45, 2.75) is 38.5 Å². The van der Waals surface area contributed by atoms with E-state index in [0.29, 0.717) is 5.56 Å². The number of benzene rings is 1. The Morgan fingerprint density at radius 2 is 2.00 bits per heavy atom. The zero-order valence-corrected chi connectivity index (χ0v) is 11.3. The summed E-state index contributed by atoms with van der Waals surface area (Å²) in [6, 6.07) is 3.90. The summed E-state index contributed by atoms with van der Waals surface area (Å²) in [5.41, 5.74) is 0.651. The number of hydrogen-bond acceptors (Lipinski definition) is 2. The van der Waals surface area contributed by atoms with E-state index in [0.717, 1.165) is 0 Å². The first-order valence-electron chi connectivity index (χ1n) is 5.38. The van der Waals surface area contributed by atoms with E-state index in [1.165, 1.54) is 12.1 Å². The Kier molecular flexibility index (Phi) is 4.27. The van der Waals surface area contributed by atoms with Crippen LogP contribution in [0.25, 0.3) is 0 Å². The molecule has 0 saturated heterocycles. The summed E-state index contributed by atoms with van der Waals surface area (Å²) in [5.74, 6) is -1.05. The van der Waals surface area contributed by atoms with Gasteiger partial charge < -0.3 is 5.11 Å². The lowest BCUT2D eigenvalue weighted by molar-refractivity contribution is 0.431. The van der Waals surface area contributed by atoms with E-state index in [1.54, 1.807) is 13.0 Å². The number of hydrogen-bond donors (Lipinski definition) is 2. The highest BCUT2D eigenvalue weighted by molar-refractivity contribution is 7.84. The lowest BCUT2D eigenvalue weighted by Gasteiger charge is -2.22. The van der Waals surface area contributed by atoms with Crippen LogP contribution in [0.3, 0.4) is 0 Å². The van der Waals surface area contributed by atoms with Crippen LogP contribution >= 0.6 is 0 Å². The molecule has 0 bridgehead atoms. The van der Waals surface area contributed by atoms with Crippen LogP contribution in [0.15, 0.2) is 18.2 Å². The SMILES string of the molecule is C[C@H](N[S@@](=O)C(C)(C)C)c1ccc(O)c(F)c1. The van der Waals surface area contributed by atoms with Crippen molar-refractivity contribution < 1.29 is 13.7 Å². The van der Waals surface area contributed by atoms with Gasteiger partial charge in [0.05, 0.1) is 15.7 Å². The lowest BCUT2D eigenvalue weighted by atomic mass is 10.1. The molecular weight excluding hydrogens is 241 g/mol. The molecule has 5 heteroatoms. The molecule has 0 aliphatic carbocycles. The van der Waals surface area contributed by atoms with E-state index in [4.69, 9.17) is 5.11 Å². The van der Waals surface area contributed by atoms with Gasteiger partial charge in [0.1, 0.15) is 0 Å². The van der Waals surface area contributed by atoms with Crippen LogP contribution in [-0.4, -0.2) is 14.1 Å². The van der Waals surface area contributed by atoms with Crippen LogP contribution in [0.2, 0.25) is 0 Å². The summed E-state index contributed by atoms with van der Waals surface area (Å²) >= 11 is 0. The molecule has 0 saturated carbocycles. The van der Waals surface area contributed by atoms with Gasteiger partial charge in [-0.25, -0.2) is 13.3 Å². The minimum Gasteiger partial charge on any atom is -0.505 e. The molecule has 0 aromatic heterocycles. The monoisotopic (exact) mass is 259 g/mol. The van der Waals surface area contributed by atoms with Crippen LogP contribution in [0.1, 0.15) is 39.3 Å². The van der Waals surface area contributed by atoms with E-state index in [1.807, 2.05) is 20.8 Å². The highest BCUT2D eigenvalue weighted by atomic mass is 32.2. The smallest absolute Gasteiger partial charge is 0.165 e. The minimum atomic E-state index is -1.21. The van der Waals surface area contributed by atoms with Crippen LogP contribution in [0.5, 0.6) is 5.75 Å². The van der Waals surface area contributed by atoms with E-state index >= 15 is 0 Å². The summed E-state index contributed by atoms with van der Waals surface area (Å²) in [7, 11) is -1.21. The van der Waals surface area contributed by atoms with Gasteiger partial charge in [-0.1, -0.05) is 6.07 Å². The normalized spacial score (nSPS) is 15.6. The van der Waals surface area contributed by atoms with Crippen molar-refractivity contribution in [1.29, 1.82) is 0 Å². The predicted molar refractivity (Wildman–Crippen MR) is 67.5 cm³/mol. The van der Waals surface area contributed by atoms with Crippen molar-refractivity contribution in [3.8, 4) is 5.75 Å². The molecule has 3 nitrogen and oxygen atoms in total. The lowest BCUT2D eigenvalue weighted by Crippen LogP contribution is -2.34. The molecular formula is C12H18FNO2S. The third-order valence-electron chi connectivity index (χ3n) is 2.31. The van der Waals surface area contributed by atoms with Crippen LogP contribution in [0, 0.1) is 5.82 Å². The van der Waals surface area contributed by atoms with Gasteiger partial charge in [-0.3, -0.25) is 0 Å². The van der Waals surface area contributed by atoms with Crippen LogP contribution in [-0.2, 0) is 11.0 Å². The molecule has 0 heterocycles. The van der Waals surface area contributed by atoms with Crippen molar-refractivity contribution in [3.05, 3.63) is 29.6 Å². The Morgan fingerprint density at radius 1 is 1.41 bits per heavy atom. The van der Waals surface area contributed by atoms with E-state index in [2.05, 4.69) is 4.72 Å². The Bertz CT molecular complexity index is 429. The topological polar surface area (TPSA) is 49.3 Å². The fourth-order valence-electron chi connectivity index (χ4n) is 1.20. The first kappa shape index (κ1) is 14.1. The number of phenolic OH excluding ortho intramolecular Hbond substituents is 1. The molecule has 1 aromatic rings. The molecule has 0 spiro atoms. The molecule has 0 unspecified atom stereocenters. The standard InChI is InChI=1S/C12H18FNO2S/c1-8(14-17(16)12(2,3)4)9-5-6-11(15)10(13)7-9/h5-8,14-15H,1-4H3/t8-,17-/m0/s1. The fraction of sp³-hybridized carbons (Fsp3) is 0.500. The van der Waals surface area contributed by atoms with E-state index in [9.17, 15) is 8.60 Å². The average molecular weight is 259 g/mol. The maximum Gasteiger partial charge on any atom is 0.165 e. The van der Waals surface area contributed by atoms with Crippen LogP contribution in [0.4, 0.5) is 4.39 Å². The Morgan fingerprint density at radius 3 is 2.47 bits per heavy atom. The molecule has 0 fully saturated rings. The third kappa shape index (κ3) is 3.78. The van der Waals surface area contributed by atoms with Gasteiger partial charge in [-0.2, -0.15) is 0 Å². The summed E-state index contributed by atoms with van der Waals surface area (Å²) in [6.07, 6.45) is 0. The molecule has 0 aliphatic heterocycles. The van der Waals surface area contributed by atoms with Crippen molar-refractivity contribution in [3.63, 3.8) is 0 Å². The first-order valence-corrected chi connectivity index (χ1v) is 6.53.